The van der Waals surface area contributed by atoms with Crippen molar-refractivity contribution >= 4 is 44.6 Å². The molecule has 10 nitrogen and oxygen atoms in total. The van der Waals surface area contributed by atoms with Gasteiger partial charge in [0.2, 0.25) is 5.78 Å². The number of ether oxygens (including phenoxy) is 1. The van der Waals surface area contributed by atoms with Crippen LogP contribution in [0.5, 0.6) is 0 Å². The smallest absolute Gasteiger partial charge is 0.333 e. The number of fused-ring (bicyclic) bond motifs is 1. The van der Waals surface area contributed by atoms with Gasteiger partial charge in [0, 0.05) is 33.5 Å². The van der Waals surface area contributed by atoms with E-state index in [0.717, 1.165) is 16.9 Å². The van der Waals surface area contributed by atoms with E-state index >= 15 is 0 Å². The molecule has 0 amide bonds. The van der Waals surface area contributed by atoms with Crippen LogP contribution in [0.1, 0.15) is 55.1 Å². The van der Waals surface area contributed by atoms with E-state index < -0.39 is 22.3 Å². The number of hydrogen-bond acceptors (Lipinski definition) is 11. The Hall–Kier alpha value is -2.26. The maximum atomic E-state index is 13.5. The molecule has 0 radical (unpaired) electrons. The van der Waals surface area contributed by atoms with E-state index in [1.165, 1.54) is 34.3 Å². The molecule has 0 unspecified atom stereocenters. The summed E-state index contributed by atoms with van der Waals surface area (Å²) in [4.78, 5) is 24.6. The fourth-order valence-electron chi connectivity index (χ4n) is 4.76. The van der Waals surface area contributed by atoms with Crippen molar-refractivity contribution in [2.45, 2.75) is 44.4 Å². The highest BCUT2D eigenvalue weighted by Crippen LogP contribution is 2.40. The van der Waals surface area contributed by atoms with Crippen molar-refractivity contribution < 1.29 is 27.2 Å². The lowest BCUT2D eigenvalue weighted by Gasteiger charge is -2.23. The third-order valence-electron chi connectivity index (χ3n) is 6.54. The van der Waals surface area contributed by atoms with Gasteiger partial charge in [-0.2, -0.15) is 8.42 Å². The zero-order chi connectivity index (χ0) is 25.4. The molecule has 192 valence electrons. The lowest BCUT2D eigenvalue weighted by Crippen LogP contribution is -2.24. The number of rotatable bonds is 8. The molecule has 2 aliphatic rings. The summed E-state index contributed by atoms with van der Waals surface area (Å²) >= 11 is 3.09. The fraction of sp³-hybridized carbons (Fsp3) is 0.435. The van der Waals surface area contributed by atoms with E-state index in [-0.39, 0.29) is 24.5 Å². The quantitative estimate of drug-likeness (QED) is 0.359. The standard InChI is InChI=1S/C23H26N4O6S3/c1-12-16(21-22-13(2-4-32-21)3-5-34-22)8-19(35-12)20(29)17-9-25-11-26-23(17)27-15-6-14(18(28)7-15)10-33-36(24,30)31/h3,5,8-9,11,14-15,18,21,28H,2,4,6-7,10H2,1H3,(H2,24,30,31)(H,25,26,27)/t14-,15-,18+,21-/m1/s1. The number of nitrogens with two attached hydrogens (primary N) is 1. The van der Waals surface area contributed by atoms with Gasteiger partial charge in [-0.3, -0.25) is 8.98 Å². The normalized spacial score (nSPS) is 24.0. The van der Waals surface area contributed by atoms with Gasteiger partial charge in [0.25, 0.3) is 0 Å². The molecule has 3 aromatic heterocycles. The molecule has 13 heteroatoms. The SMILES string of the molecule is Cc1sc(C(=O)c2cncnc2N[C@@H]2C[C@H](COS(N)(=O)=O)[C@@H](O)C2)cc1[C@H]1OCCc2ccsc21. The first-order valence-electron chi connectivity index (χ1n) is 11.4. The summed E-state index contributed by atoms with van der Waals surface area (Å²) in [7, 11) is -4.09. The molecule has 1 aliphatic heterocycles. The summed E-state index contributed by atoms with van der Waals surface area (Å²) in [6.07, 6.45) is 3.56. The van der Waals surface area contributed by atoms with Crippen LogP contribution in [0.4, 0.5) is 5.82 Å². The minimum Gasteiger partial charge on any atom is -0.393 e. The summed E-state index contributed by atoms with van der Waals surface area (Å²) in [5.74, 6) is -0.253. The van der Waals surface area contributed by atoms with Crippen LogP contribution in [-0.2, 0) is 25.6 Å². The van der Waals surface area contributed by atoms with Gasteiger partial charge in [0.15, 0.2) is 0 Å². The Labute approximate surface area is 216 Å². The Morgan fingerprint density at radius 1 is 1.39 bits per heavy atom. The van der Waals surface area contributed by atoms with Crippen LogP contribution in [0.25, 0.3) is 0 Å². The number of aromatic nitrogens is 2. The molecule has 0 saturated heterocycles. The van der Waals surface area contributed by atoms with Gasteiger partial charge in [0.1, 0.15) is 18.2 Å². The number of carbonyl (C=O) groups is 1. The largest absolute Gasteiger partial charge is 0.393 e. The van der Waals surface area contributed by atoms with Gasteiger partial charge in [0.05, 0.1) is 29.8 Å². The number of carbonyl (C=O) groups excluding carboxylic acids is 1. The molecule has 1 fully saturated rings. The number of anilines is 1. The van der Waals surface area contributed by atoms with Crippen LogP contribution in [-0.4, -0.2) is 54.6 Å². The van der Waals surface area contributed by atoms with Crippen molar-refractivity contribution in [3.05, 3.63) is 61.4 Å². The van der Waals surface area contributed by atoms with E-state index in [4.69, 9.17) is 9.88 Å². The average Bonchev–Trinajstić information content (AvgIpc) is 3.55. The second-order valence-corrected chi connectivity index (χ2v) is 12.4. The Balaban J connectivity index is 1.33. The highest BCUT2D eigenvalue weighted by atomic mass is 32.2. The van der Waals surface area contributed by atoms with Gasteiger partial charge in [-0.25, -0.2) is 15.1 Å². The van der Waals surface area contributed by atoms with Crippen LogP contribution in [0.2, 0.25) is 0 Å². The minimum absolute atomic E-state index is 0.173. The number of nitrogens with one attached hydrogen (secondary N) is 1. The van der Waals surface area contributed by atoms with Crippen molar-refractivity contribution in [1.82, 2.24) is 9.97 Å². The molecule has 3 aromatic rings. The lowest BCUT2D eigenvalue weighted by molar-refractivity contribution is 0.0727. The Bertz CT molecular complexity index is 1370. The predicted octanol–water partition coefficient (Wildman–Crippen LogP) is 2.57. The first-order valence-corrected chi connectivity index (χ1v) is 14.6. The first kappa shape index (κ1) is 25.4. The number of aryl methyl sites for hydroxylation is 1. The number of aliphatic hydroxyl groups is 1. The Morgan fingerprint density at radius 3 is 3.03 bits per heavy atom. The molecule has 4 heterocycles. The predicted molar refractivity (Wildman–Crippen MR) is 136 cm³/mol. The molecule has 5 rings (SSSR count). The third-order valence-corrected chi connectivity index (χ3v) is 9.07. The van der Waals surface area contributed by atoms with Crippen molar-refractivity contribution in [3.8, 4) is 0 Å². The summed E-state index contributed by atoms with van der Waals surface area (Å²) in [5.41, 5.74) is 2.62. The number of thiophene rings is 2. The maximum Gasteiger partial charge on any atom is 0.333 e. The summed E-state index contributed by atoms with van der Waals surface area (Å²) in [6, 6.07) is 3.80. The highest BCUT2D eigenvalue weighted by Gasteiger charge is 2.35. The zero-order valence-corrected chi connectivity index (χ0v) is 21.9. The van der Waals surface area contributed by atoms with Crippen molar-refractivity contribution in [2.75, 3.05) is 18.5 Å². The zero-order valence-electron chi connectivity index (χ0n) is 19.4. The van der Waals surface area contributed by atoms with Crippen molar-refractivity contribution in [3.63, 3.8) is 0 Å². The average molecular weight is 551 g/mol. The minimum atomic E-state index is -4.09. The molecule has 0 spiro atoms. The number of hydrogen-bond donors (Lipinski definition) is 3. The van der Waals surface area contributed by atoms with Gasteiger partial charge >= 0.3 is 10.3 Å². The monoisotopic (exact) mass is 550 g/mol. The van der Waals surface area contributed by atoms with Gasteiger partial charge in [-0.15, -0.1) is 22.7 Å². The second kappa shape index (κ2) is 10.2. The van der Waals surface area contributed by atoms with Crippen molar-refractivity contribution in [2.24, 2.45) is 11.1 Å². The lowest BCUT2D eigenvalue weighted by atomic mass is 10.0. The molecule has 4 N–H and O–H groups in total. The molecular weight excluding hydrogens is 524 g/mol. The van der Waals surface area contributed by atoms with Crippen LogP contribution >= 0.6 is 22.7 Å². The number of aliphatic hydroxyl groups excluding tert-OH is 1. The molecule has 1 saturated carbocycles. The third kappa shape index (κ3) is 5.37. The number of nitrogens with zero attached hydrogens (tertiary/aromatic N) is 2. The van der Waals surface area contributed by atoms with Crippen LogP contribution < -0.4 is 10.5 Å². The topological polar surface area (TPSA) is 154 Å². The van der Waals surface area contributed by atoms with E-state index in [2.05, 4.69) is 30.9 Å². The van der Waals surface area contributed by atoms with E-state index in [1.54, 1.807) is 11.3 Å². The Morgan fingerprint density at radius 2 is 2.22 bits per heavy atom. The van der Waals surface area contributed by atoms with E-state index in [9.17, 15) is 18.3 Å². The maximum absolute atomic E-state index is 13.5. The first-order chi connectivity index (χ1) is 17.2. The highest BCUT2D eigenvalue weighted by molar-refractivity contribution is 7.84. The van der Waals surface area contributed by atoms with Gasteiger partial charge in [-0.1, -0.05) is 0 Å². The summed E-state index contributed by atoms with van der Waals surface area (Å²) in [5, 5.41) is 20.5. The van der Waals surface area contributed by atoms with Crippen LogP contribution in [0.15, 0.2) is 30.0 Å². The molecule has 0 bridgehead atoms. The van der Waals surface area contributed by atoms with Gasteiger partial charge in [-0.05, 0) is 49.3 Å². The molecule has 0 aromatic carbocycles. The van der Waals surface area contributed by atoms with Crippen LogP contribution in [0, 0.1) is 12.8 Å². The fourth-order valence-corrected chi connectivity index (χ4v) is 7.15. The molecule has 36 heavy (non-hydrogen) atoms. The van der Waals surface area contributed by atoms with E-state index in [1.807, 2.05) is 13.0 Å². The van der Waals surface area contributed by atoms with Gasteiger partial charge < -0.3 is 15.2 Å². The van der Waals surface area contributed by atoms with E-state index in [0.29, 0.717) is 35.7 Å². The molecule has 1 aliphatic carbocycles. The summed E-state index contributed by atoms with van der Waals surface area (Å²) in [6.45, 7) is 2.43. The Kier molecular flexibility index (Phi) is 7.23. The summed E-state index contributed by atoms with van der Waals surface area (Å²) < 4.78 is 32.9. The molecular formula is C23H26N4O6S3. The van der Waals surface area contributed by atoms with Crippen LogP contribution in [0.3, 0.4) is 0 Å². The van der Waals surface area contributed by atoms with Crippen molar-refractivity contribution in [1.29, 1.82) is 0 Å². The molecule has 4 atom stereocenters. The number of ketones is 1. The second-order valence-electron chi connectivity index (χ2n) is 8.96.